The minimum absolute atomic E-state index is 0.183. The number of anilines is 1. The number of phenolic OH excluding ortho intramolecular Hbond substituents is 1. The lowest BCUT2D eigenvalue weighted by Crippen LogP contribution is -2.26. The van der Waals surface area contributed by atoms with Crippen LogP contribution in [0.2, 0.25) is 0 Å². The highest BCUT2D eigenvalue weighted by atomic mass is 16.5. The van der Waals surface area contributed by atoms with Crippen molar-refractivity contribution in [3.05, 3.63) is 59.3 Å². The lowest BCUT2D eigenvalue weighted by atomic mass is 10.0. The van der Waals surface area contributed by atoms with E-state index in [0.29, 0.717) is 5.75 Å². The third-order valence-corrected chi connectivity index (χ3v) is 4.46. The number of fused-ring (bicyclic) bond motifs is 3. The molecule has 4 rings (SSSR count). The van der Waals surface area contributed by atoms with Crippen LogP contribution in [-0.4, -0.2) is 22.0 Å². The van der Waals surface area contributed by atoms with E-state index in [9.17, 15) is 5.11 Å². The second kappa shape index (κ2) is 5.30. The fraction of sp³-hybridized carbons (Fsp3) is 0.211. The molecule has 0 saturated carbocycles. The SMILES string of the molecule is COc1ccc(C2Nc3c(C)cccc3-c3cc(C)nn32)c(O)c1. The first-order valence-corrected chi connectivity index (χ1v) is 7.88. The van der Waals surface area contributed by atoms with Crippen molar-refractivity contribution in [2.45, 2.75) is 20.0 Å². The van der Waals surface area contributed by atoms with Crippen molar-refractivity contribution in [1.82, 2.24) is 9.78 Å². The number of ether oxygens (including phenoxy) is 1. The first-order chi connectivity index (χ1) is 11.6. The lowest BCUT2D eigenvalue weighted by molar-refractivity contribution is 0.404. The Kier molecular flexibility index (Phi) is 3.23. The van der Waals surface area contributed by atoms with Gasteiger partial charge >= 0.3 is 0 Å². The molecule has 24 heavy (non-hydrogen) atoms. The fourth-order valence-electron chi connectivity index (χ4n) is 3.28. The number of methoxy groups -OCH3 is 1. The van der Waals surface area contributed by atoms with E-state index in [1.54, 1.807) is 13.2 Å². The number of aryl methyl sites for hydroxylation is 2. The minimum atomic E-state index is -0.270. The van der Waals surface area contributed by atoms with Crippen molar-refractivity contribution in [2.24, 2.45) is 0 Å². The Morgan fingerprint density at radius 3 is 2.75 bits per heavy atom. The van der Waals surface area contributed by atoms with E-state index in [0.717, 1.165) is 33.8 Å². The minimum Gasteiger partial charge on any atom is -0.507 e. The van der Waals surface area contributed by atoms with Gasteiger partial charge in [-0.15, -0.1) is 0 Å². The van der Waals surface area contributed by atoms with Crippen LogP contribution in [0.25, 0.3) is 11.3 Å². The first-order valence-electron chi connectivity index (χ1n) is 7.88. The van der Waals surface area contributed by atoms with Crippen molar-refractivity contribution >= 4 is 5.69 Å². The third kappa shape index (κ3) is 2.12. The van der Waals surface area contributed by atoms with Crippen LogP contribution in [0.4, 0.5) is 5.69 Å². The maximum atomic E-state index is 10.5. The van der Waals surface area contributed by atoms with E-state index < -0.39 is 0 Å². The maximum Gasteiger partial charge on any atom is 0.150 e. The summed E-state index contributed by atoms with van der Waals surface area (Å²) in [6, 6.07) is 13.6. The molecule has 1 unspecified atom stereocenters. The van der Waals surface area contributed by atoms with Crippen molar-refractivity contribution in [3.8, 4) is 22.8 Å². The largest absolute Gasteiger partial charge is 0.507 e. The molecule has 0 fully saturated rings. The molecule has 5 nitrogen and oxygen atoms in total. The molecule has 1 aliphatic heterocycles. The number of aromatic nitrogens is 2. The maximum absolute atomic E-state index is 10.5. The second-order valence-electron chi connectivity index (χ2n) is 6.08. The van der Waals surface area contributed by atoms with Gasteiger partial charge in [0.05, 0.1) is 18.5 Å². The molecule has 2 heterocycles. The van der Waals surface area contributed by atoms with E-state index >= 15 is 0 Å². The highest BCUT2D eigenvalue weighted by Gasteiger charge is 2.28. The Hall–Kier alpha value is -2.95. The monoisotopic (exact) mass is 321 g/mol. The number of phenols is 1. The van der Waals surface area contributed by atoms with Crippen molar-refractivity contribution in [3.63, 3.8) is 0 Å². The lowest BCUT2D eigenvalue weighted by Gasteiger charge is -2.30. The summed E-state index contributed by atoms with van der Waals surface area (Å²) in [7, 11) is 1.59. The van der Waals surface area contributed by atoms with Gasteiger partial charge in [-0.2, -0.15) is 5.10 Å². The van der Waals surface area contributed by atoms with Gasteiger partial charge in [0.1, 0.15) is 11.5 Å². The number of para-hydroxylation sites is 1. The average molecular weight is 321 g/mol. The summed E-state index contributed by atoms with van der Waals surface area (Å²) in [6.45, 7) is 4.06. The van der Waals surface area contributed by atoms with Gasteiger partial charge in [0, 0.05) is 22.9 Å². The number of aromatic hydroxyl groups is 1. The van der Waals surface area contributed by atoms with Gasteiger partial charge in [-0.25, -0.2) is 4.68 Å². The number of rotatable bonds is 2. The van der Waals surface area contributed by atoms with Gasteiger partial charge < -0.3 is 15.2 Å². The van der Waals surface area contributed by atoms with Crippen molar-refractivity contribution < 1.29 is 9.84 Å². The van der Waals surface area contributed by atoms with E-state index in [1.165, 1.54) is 0 Å². The normalized spacial score (nSPS) is 15.4. The molecular weight excluding hydrogens is 302 g/mol. The number of hydrogen-bond donors (Lipinski definition) is 2. The van der Waals surface area contributed by atoms with Crippen LogP contribution in [0.5, 0.6) is 11.5 Å². The van der Waals surface area contributed by atoms with Gasteiger partial charge in [0.2, 0.25) is 0 Å². The van der Waals surface area contributed by atoms with Crippen LogP contribution < -0.4 is 10.1 Å². The summed E-state index contributed by atoms with van der Waals surface area (Å²) in [6.07, 6.45) is -0.270. The number of hydrogen-bond acceptors (Lipinski definition) is 4. The van der Waals surface area contributed by atoms with Crippen LogP contribution in [0.1, 0.15) is 23.0 Å². The van der Waals surface area contributed by atoms with Gasteiger partial charge in [0.25, 0.3) is 0 Å². The van der Waals surface area contributed by atoms with Crippen LogP contribution >= 0.6 is 0 Å². The topological polar surface area (TPSA) is 59.3 Å². The van der Waals surface area contributed by atoms with Crippen LogP contribution in [0.15, 0.2) is 42.5 Å². The Morgan fingerprint density at radius 2 is 2.00 bits per heavy atom. The molecule has 1 atom stereocenters. The summed E-state index contributed by atoms with van der Waals surface area (Å²) in [4.78, 5) is 0. The summed E-state index contributed by atoms with van der Waals surface area (Å²) < 4.78 is 7.11. The molecule has 1 aromatic heterocycles. The molecule has 0 radical (unpaired) electrons. The Morgan fingerprint density at radius 1 is 1.17 bits per heavy atom. The first kappa shape index (κ1) is 14.6. The molecule has 3 aromatic rings. The zero-order valence-corrected chi connectivity index (χ0v) is 13.9. The summed E-state index contributed by atoms with van der Waals surface area (Å²) in [5, 5.41) is 18.6. The van der Waals surface area contributed by atoms with E-state index in [1.807, 2.05) is 29.8 Å². The third-order valence-electron chi connectivity index (χ3n) is 4.46. The Bertz CT molecular complexity index is 930. The van der Waals surface area contributed by atoms with E-state index in [-0.39, 0.29) is 11.9 Å². The standard InChI is InChI=1S/C19H19N3O2/c1-11-5-4-6-14-16-9-12(2)21-22(16)19(20-18(11)14)15-8-7-13(24-3)10-17(15)23/h4-10,19-20,23H,1-3H3. The smallest absolute Gasteiger partial charge is 0.150 e. The molecule has 1 aliphatic rings. The van der Waals surface area contributed by atoms with Gasteiger partial charge in [-0.05, 0) is 37.6 Å². The zero-order valence-electron chi connectivity index (χ0n) is 13.9. The second-order valence-corrected chi connectivity index (χ2v) is 6.08. The van der Waals surface area contributed by atoms with Crippen molar-refractivity contribution in [1.29, 1.82) is 0 Å². The quantitative estimate of drug-likeness (QED) is 0.752. The fourth-order valence-corrected chi connectivity index (χ4v) is 3.28. The molecule has 0 aliphatic carbocycles. The van der Waals surface area contributed by atoms with Crippen molar-refractivity contribution in [2.75, 3.05) is 12.4 Å². The summed E-state index contributed by atoms with van der Waals surface area (Å²) in [5.74, 6) is 0.809. The molecule has 122 valence electrons. The van der Waals surface area contributed by atoms with Gasteiger partial charge in [-0.3, -0.25) is 0 Å². The Balaban J connectivity index is 1.91. The van der Waals surface area contributed by atoms with E-state index in [4.69, 9.17) is 4.74 Å². The van der Waals surface area contributed by atoms with Gasteiger partial charge in [0.15, 0.2) is 6.17 Å². The molecule has 0 amide bonds. The highest BCUT2D eigenvalue weighted by Crippen LogP contribution is 2.42. The molecular formula is C19H19N3O2. The molecule has 0 spiro atoms. The zero-order chi connectivity index (χ0) is 16.8. The van der Waals surface area contributed by atoms with Gasteiger partial charge in [-0.1, -0.05) is 18.2 Å². The Labute approximate surface area is 140 Å². The highest BCUT2D eigenvalue weighted by molar-refractivity contribution is 5.81. The predicted octanol–water partition coefficient (Wildman–Crippen LogP) is 3.85. The van der Waals surface area contributed by atoms with Crippen LogP contribution in [-0.2, 0) is 0 Å². The summed E-state index contributed by atoms with van der Waals surface area (Å²) in [5.41, 5.74) is 6.11. The number of benzene rings is 2. The predicted molar refractivity (Wildman–Crippen MR) is 93.6 cm³/mol. The van der Waals surface area contributed by atoms with E-state index in [2.05, 4.69) is 35.5 Å². The van der Waals surface area contributed by atoms with Crippen LogP contribution in [0.3, 0.4) is 0 Å². The molecule has 0 bridgehead atoms. The van der Waals surface area contributed by atoms with Crippen LogP contribution in [0, 0.1) is 13.8 Å². The molecule has 0 saturated heterocycles. The average Bonchev–Trinajstić information content (AvgIpc) is 2.96. The molecule has 2 aromatic carbocycles. The molecule has 2 N–H and O–H groups in total. The number of nitrogens with one attached hydrogen (secondary N) is 1. The number of nitrogens with zero attached hydrogens (tertiary/aromatic N) is 2. The molecule has 5 heteroatoms. The summed E-state index contributed by atoms with van der Waals surface area (Å²) >= 11 is 0.